The van der Waals surface area contributed by atoms with Crippen molar-refractivity contribution in [1.29, 1.82) is 0 Å². The van der Waals surface area contributed by atoms with Crippen LogP contribution in [0.1, 0.15) is 31.5 Å². The molecule has 0 aliphatic heterocycles. The molecule has 3 atom stereocenters. The van der Waals surface area contributed by atoms with Crippen LogP contribution in [-0.2, 0) is 16.6 Å². The number of carbonyl (C=O) groups is 1. The van der Waals surface area contributed by atoms with E-state index in [1.807, 2.05) is 19.1 Å². The van der Waals surface area contributed by atoms with Crippen LogP contribution in [0, 0.1) is 18.4 Å². The number of pyridine rings is 1. The summed E-state index contributed by atoms with van der Waals surface area (Å²) in [5, 5.41) is 3.20. The fourth-order valence-corrected chi connectivity index (χ4v) is 4.50. The lowest BCUT2D eigenvalue weighted by molar-refractivity contribution is -0.121. The van der Waals surface area contributed by atoms with Crippen LogP contribution < -0.4 is 10.1 Å². The van der Waals surface area contributed by atoms with Gasteiger partial charge in [0.1, 0.15) is 0 Å². The number of Topliss-reactive ketones (excluding diaryl/α,β-unsaturated/α-hetero) is 1. The summed E-state index contributed by atoms with van der Waals surface area (Å²) < 4.78 is 5.57. The maximum Gasteiger partial charge on any atom is 0.230 e. The topological polar surface area (TPSA) is 81.4 Å². The molecule has 0 bridgehead atoms. The molecule has 0 saturated carbocycles. The maximum atomic E-state index is 12.5. The standard InChI is InChI=1S/C21H21N5O2/c1-12-15-6-5-14-18(21(15,2)11-16(22-3)17(12)27)25-20(26-19(14)28-4)24-13-7-9-23-10-8-13/h7-12,15H,5-6H2,1-2,4H3,(H,23,24,25,26)/t12-,15-,21-/m1/s1. The normalized spacial score (nSPS) is 25.8. The van der Waals surface area contributed by atoms with Gasteiger partial charge < -0.3 is 14.8 Å². The van der Waals surface area contributed by atoms with Crippen molar-refractivity contribution in [2.75, 3.05) is 12.4 Å². The number of anilines is 2. The van der Waals surface area contributed by atoms with Crippen molar-refractivity contribution in [3.8, 4) is 5.88 Å². The monoisotopic (exact) mass is 375 g/mol. The molecule has 28 heavy (non-hydrogen) atoms. The summed E-state index contributed by atoms with van der Waals surface area (Å²) in [5.41, 5.74) is 2.27. The molecule has 2 aliphatic rings. The number of methoxy groups -OCH3 is 1. The first kappa shape index (κ1) is 18.1. The van der Waals surface area contributed by atoms with Crippen LogP contribution in [0.15, 0.2) is 36.3 Å². The number of hydrogen-bond donors (Lipinski definition) is 1. The number of fused-ring (bicyclic) bond motifs is 3. The highest BCUT2D eigenvalue weighted by Gasteiger charge is 2.49. The molecule has 7 heteroatoms. The quantitative estimate of drug-likeness (QED) is 0.828. The number of nitrogens with zero attached hydrogens (tertiary/aromatic N) is 4. The van der Waals surface area contributed by atoms with Gasteiger partial charge in [-0.1, -0.05) is 19.9 Å². The minimum atomic E-state index is -0.522. The van der Waals surface area contributed by atoms with Crippen molar-refractivity contribution >= 4 is 17.4 Å². The average Bonchev–Trinajstić information content (AvgIpc) is 2.71. The van der Waals surface area contributed by atoms with Crippen LogP contribution in [0.2, 0.25) is 0 Å². The van der Waals surface area contributed by atoms with Gasteiger partial charge in [0.05, 0.1) is 19.4 Å². The van der Waals surface area contributed by atoms with E-state index in [2.05, 4.69) is 27.1 Å². The second kappa shape index (κ2) is 6.71. The number of allylic oxidation sites excluding steroid dienone is 2. The Morgan fingerprint density at radius 3 is 2.75 bits per heavy atom. The molecular weight excluding hydrogens is 354 g/mol. The Labute approximate surface area is 163 Å². The van der Waals surface area contributed by atoms with Crippen LogP contribution in [-0.4, -0.2) is 27.8 Å². The molecule has 0 fully saturated rings. The Bertz CT molecular complexity index is 1010. The average molecular weight is 375 g/mol. The summed E-state index contributed by atoms with van der Waals surface area (Å²) >= 11 is 0. The highest BCUT2D eigenvalue weighted by Crippen LogP contribution is 2.50. The number of aromatic nitrogens is 3. The Morgan fingerprint density at radius 2 is 2.07 bits per heavy atom. The van der Waals surface area contributed by atoms with Gasteiger partial charge in [0, 0.05) is 35.0 Å². The Hall–Kier alpha value is -3.27. The van der Waals surface area contributed by atoms with Gasteiger partial charge in [-0.3, -0.25) is 4.98 Å². The maximum absolute atomic E-state index is 12.5. The van der Waals surface area contributed by atoms with Gasteiger partial charge >= 0.3 is 0 Å². The number of hydrogen-bond acceptors (Lipinski definition) is 6. The predicted octanol–water partition coefficient (Wildman–Crippen LogP) is 3.47. The molecular formula is C21H21N5O2. The van der Waals surface area contributed by atoms with Gasteiger partial charge in [-0.2, -0.15) is 4.98 Å². The van der Waals surface area contributed by atoms with Crippen molar-refractivity contribution < 1.29 is 9.53 Å². The molecule has 0 saturated heterocycles. The molecule has 0 radical (unpaired) electrons. The fourth-order valence-electron chi connectivity index (χ4n) is 4.50. The number of rotatable bonds is 3. The molecule has 4 rings (SSSR count). The molecule has 2 aliphatic carbocycles. The predicted molar refractivity (Wildman–Crippen MR) is 104 cm³/mol. The van der Waals surface area contributed by atoms with Crippen molar-refractivity contribution in [2.45, 2.75) is 32.1 Å². The number of ether oxygens (including phenoxy) is 1. The summed E-state index contributed by atoms with van der Waals surface area (Å²) in [6.45, 7) is 11.4. The zero-order chi connectivity index (χ0) is 19.9. The third kappa shape index (κ3) is 2.73. The molecule has 7 nitrogen and oxygen atoms in total. The van der Waals surface area contributed by atoms with Crippen LogP contribution in [0.3, 0.4) is 0 Å². The van der Waals surface area contributed by atoms with E-state index in [0.29, 0.717) is 11.8 Å². The molecule has 0 amide bonds. The highest BCUT2D eigenvalue weighted by atomic mass is 16.5. The van der Waals surface area contributed by atoms with Crippen molar-refractivity contribution in [3.05, 3.63) is 59.0 Å². The third-order valence-corrected chi connectivity index (χ3v) is 5.91. The smallest absolute Gasteiger partial charge is 0.230 e. The SMILES string of the molecule is [C-]#[N+]C1=C[C@@]2(C)c3nc(Nc4ccncc4)nc(OC)c3CC[C@@H]2[C@@H](C)C1=O. The summed E-state index contributed by atoms with van der Waals surface area (Å²) in [6.07, 6.45) is 6.75. The summed E-state index contributed by atoms with van der Waals surface area (Å²) in [4.78, 5) is 29.4. The van der Waals surface area contributed by atoms with Gasteiger partial charge in [0.15, 0.2) is 5.78 Å². The molecule has 2 aromatic rings. The number of nitrogens with one attached hydrogen (secondary N) is 1. The number of carbonyl (C=O) groups excluding carboxylic acids is 1. The molecule has 1 N–H and O–H groups in total. The summed E-state index contributed by atoms with van der Waals surface area (Å²) in [5.74, 6) is 0.753. The van der Waals surface area contributed by atoms with E-state index in [1.54, 1.807) is 25.6 Å². The molecule has 2 heterocycles. The van der Waals surface area contributed by atoms with E-state index >= 15 is 0 Å². The molecule has 2 aromatic heterocycles. The van der Waals surface area contributed by atoms with Gasteiger partial charge in [0.25, 0.3) is 0 Å². The Kier molecular flexibility index (Phi) is 4.34. The first-order valence-electron chi connectivity index (χ1n) is 9.25. The summed E-state index contributed by atoms with van der Waals surface area (Å²) in [7, 11) is 1.60. The van der Waals surface area contributed by atoms with Gasteiger partial charge in [-0.05, 0) is 30.9 Å². The molecule has 0 aromatic carbocycles. The molecule has 142 valence electrons. The van der Waals surface area contributed by atoms with Gasteiger partial charge in [-0.15, -0.1) is 0 Å². The number of ketones is 1. The zero-order valence-electron chi connectivity index (χ0n) is 16.1. The van der Waals surface area contributed by atoms with Crippen LogP contribution in [0.25, 0.3) is 4.85 Å². The highest BCUT2D eigenvalue weighted by molar-refractivity contribution is 6.00. The van der Waals surface area contributed by atoms with Crippen LogP contribution >= 0.6 is 0 Å². The largest absolute Gasteiger partial charge is 0.481 e. The minimum absolute atomic E-state index is 0.0721. The Morgan fingerprint density at radius 1 is 1.32 bits per heavy atom. The third-order valence-electron chi connectivity index (χ3n) is 5.91. The summed E-state index contributed by atoms with van der Waals surface area (Å²) in [6, 6.07) is 3.66. The van der Waals surface area contributed by atoms with E-state index in [1.165, 1.54) is 0 Å². The minimum Gasteiger partial charge on any atom is -0.481 e. The lowest BCUT2D eigenvalue weighted by atomic mass is 9.58. The first-order valence-corrected chi connectivity index (χ1v) is 9.25. The van der Waals surface area contributed by atoms with Crippen molar-refractivity contribution in [1.82, 2.24) is 15.0 Å². The van der Waals surface area contributed by atoms with E-state index in [4.69, 9.17) is 16.3 Å². The van der Waals surface area contributed by atoms with E-state index in [0.717, 1.165) is 29.8 Å². The van der Waals surface area contributed by atoms with Gasteiger partial charge in [0.2, 0.25) is 17.5 Å². The zero-order valence-corrected chi connectivity index (χ0v) is 16.1. The van der Waals surface area contributed by atoms with E-state index in [-0.39, 0.29) is 23.3 Å². The molecule has 0 spiro atoms. The lowest BCUT2D eigenvalue weighted by Gasteiger charge is -2.45. The lowest BCUT2D eigenvalue weighted by Crippen LogP contribution is -2.46. The van der Waals surface area contributed by atoms with E-state index in [9.17, 15) is 4.79 Å². The van der Waals surface area contributed by atoms with Crippen molar-refractivity contribution in [3.63, 3.8) is 0 Å². The van der Waals surface area contributed by atoms with Crippen LogP contribution in [0.5, 0.6) is 5.88 Å². The fraction of sp³-hybridized carbons (Fsp3) is 0.381. The molecule has 0 unspecified atom stereocenters. The van der Waals surface area contributed by atoms with Crippen LogP contribution in [0.4, 0.5) is 11.6 Å². The van der Waals surface area contributed by atoms with Gasteiger partial charge in [-0.25, -0.2) is 9.83 Å². The second-order valence-electron chi connectivity index (χ2n) is 7.47. The Balaban J connectivity index is 1.87. The first-order chi connectivity index (χ1) is 13.5. The van der Waals surface area contributed by atoms with Crippen molar-refractivity contribution in [2.24, 2.45) is 11.8 Å². The van der Waals surface area contributed by atoms with E-state index < -0.39 is 5.41 Å². The second-order valence-corrected chi connectivity index (χ2v) is 7.47.